The van der Waals surface area contributed by atoms with Crippen LogP contribution in [0.2, 0.25) is 0 Å². The number of nitrogens with two attached hydrogens (primary N) is 1. The lowest BCUT2D eigenvalue weighted by molar-refractivity contribution is 0.167. The van der Waals surface area contributed by atoms with Crippen LogP contribution in [0.4, 0.5) is 9.59 Å². The Kier molecular flexibility index (Phi) is 5.56. The molecule has 1 aromatic carbocycles. The van der Waals surface area contributed by atoms with Gasteiger partial charge in [-0.1, -0.05) is 36.9 Å². The van der Waals surface area contributed by atoms with Crippen molar-refractivity contribution in [3.63, 3.8) is 0 Å². The number of aliphatic hydroxyl groups excluding tert-OH is 1. The minimum atomic E-state index is -0.572. The van der Waals surface area contributed by atoms with Crippen molar-refractivity contribution in [1.82, 2.24) is 14.7 Å². The molecule has 0 bridgehead atoms. The number of aliphatic hydroxyl groups is 1. The number of benzene rings is 1. The number of rotatable bonds is 4. The molecular weight excluding hydrogens is 346 g/mol. The number of amidine groups is 1. The average molecular weight is 369 g/mol. The van der Waals surface area contributed by atoms with Gasteiger partial charge in [0.15, 0.2) is 5.84 Å². The topological polar surface area (TPSA) is 102 Å². The zero-order valence-corrected chi connectivity index (χ0v) is 15.0. The third-order valence-corrected chi connectivity index (χ3v) is 4.55. The van der Waals surface area contributed by atoms with Crippen LogP contribution < -0.4 is 5.73 Å². The molecule has 3 N–H and O–H groups in total. The van der Waals surface area contributed by atoms with Gasteiger partial charge in [0.2, 0.25) is 0 Å². The van der Waals surface area contributed by atoms with Gasteiger partial charge in [-0.05, 0) is 18.4 Å². The van der Waals surface area contributed by atoms with Crippen molar-refractivity contribution in [2.45, 2.75) is 12.8 Å². The Morgan fingerprint density at radius 3 is 2.52 bits per heavy atom. The predicted molar refractivity (Wildman–Crippen MR) is 102 cm³/mol. The molecule has 8 nitrogen and oxygen atoms in total. The van der Waals surface area contributed by atoms with Crippen molar-refractivity contribution in [2.75, 3.05) is 26.2 Å². The second kappa shape index (κ2) is 8.05. The van der Waals surface area contributed by atoms with E-state index in [0.717, 1.165) is 23.3 Å². The molecule has 0 unspecified atom stereocenters. The summed E-state index contributed by atoms with van der Waals surface area (Å²) in [5, 5.41) is 9.37. The highest BCUT2D eigenvalue weighted by Gasteiger charge is 2.44. The minimum absolute atomic E-state index is 0.000850. The number of nitrogens with zero attached hydrogens (tertiary/aromatic N) is 4. The summed E-state index contributed by atoms with van der Waals surface area (Å²) in [4.78, 5) is 34.1. The summed E-state index contributed by atoms with van der Waals surface area (Å²) in [5.74, 6) is 0.206. The van der Waals surface area contributed by atoms with Gasteiger partial charge >= 0.3 is 12.1 Å². The fraction of sp³-hybridized carbons (Fsp3) is 0.316. The van der Waals surface area contributed by atoms with Gasteiger partial charge in [-0.25, -0.2) is 19.5 Å². The maximum absolute atomic E-state index is 12.9. The summed E-state index contributed by atoms with van der Waals surface area (Å²) in [5.41, 5.74) is 7.16. The summed E-state index contributed by atoms with van der Waals surface area (Å²) in [6.07, 6.45) is 3.00. The molecule has 0 aliphatic carbocycles. The monoisotopic (exact) mass is 369 g/mol. The first-order valence-electron chi connectivity index (χ1n) is 8.85. The number of hydrogen-bond acceptors (Lipinski definition) is 5. The maximum atomic E-state index is 12.9. The normalized spacial score (nSPS) is 20.2. The number of imide groups is 1. The molecule has 2 aliphatic heterocycles. The van der Waals surface area contributed by atoms with Crippen LogP contribution in [0.15, 0.2) is 53.8 Å². The number of amides is 4. The van der Waals surface area contributed by atoms with Crippen molar-refractivity contribution in [3.05, 3.63) is 54.4 Å². The average Bonchev–Trinajstić information content (AvgIpc) is 3.31. The van der Waals surface area contributed by atoms with E-state index in [-0.39, 0.29) is 24.7 Å². The molecule has 4 amide bonds. The summed E-state index contributed by atoms with van der Waals surface area (Å²) >= 11 is 0. The van der Waals surface area contributed by atoms with E-state index in [2.05, 4.69) is 11.6 Å². The third kappa shape index (κ3) is 3.56. The zero-order chi connectivity index (χ0) is 19.4. The van der Waals surface area contributed by atoms with E-state index >= 15 is 0 Å². The Hall–Kier alpha value is -3.13. The van der Waals surface area contributed by atoms with Gasteiger partial charge in [0.05, 0.1) is 18.8 Å². The van der Waals surface area contributed by atoms with E-state index in [4.69, 9.17) is 5.73 Å². The Morgan fingerprint density at radius 1 is 1.26 bits per heavy atom. The molecule has 0 aromatic heterocycles. The molecule has 27 heavy (non-hydrogen) atoms. The second-order valence-corrected chi connectivity index (χ2v) is 6.27. The van der Waals surface area contributed by atoms with E-state index < -0.39 is 12.1 Å². The highest BCUT2D eigenvalue weighted by molar-refractivity contribution is 6.21. The smallest absolute Gasteiger partial charge is 0.338 e. The number of carbonyl (C=O) groups excluding carboxylic acids is 2. The molecule has 3 rings (SSSR count). The number of urea groups is 2. The lowest BCUT2D eigenvalue weighted by Crippen LogP contribution is -2.44. The van der Waals surface area contributed by atoms with Crippen LogP contribution in [-0.2, 0) is 0 Å². The first kappa shape index (κ1) is 18.7. The first-order valence-corrected chi connectivity index (χ1v) is 8.85. The van der Waals surface area contributed by atoms with Gasteiger partial charge in [-0.3, -0.25) is 4.90 Å². The molecule has 8 heteroatoms. The van der Waals surface area contributed by atoms with Crippen molar-refractivity contribution < 1.29 is 14.7 Å². The first-order chi connectivity index (χ1) is 13.1. The third-order valence-electron chi connectivity index (χ3n) is 4.55. The number of β-amino-alcohol motifs (C(OH)–C–C–N with tert-alkyl or cyclic N) is 1. The maximum Gasteiger partial charge on any atom is 0.338 e. The molecule has 2 fully saturated rings. The zero-order valence-electron chi connectivity index (χ0n) is 15.0. The van der Waals surface area contributed by atoms with Crippen molar-refractivity contribution in [3.8, 4) is 0 Å². The number of hydrogen-bond donors (Lipinski definition) is 2. The largest absolute Gasteiger partial charge is 0.403 e. The van der Waals surface area contributed by atoms with Gasteiger partial charge in [-0.2, -0.15) is 0 Å². The van der Waals surface area contributed by atoms with Crippen LogP contribution in [-0.4, -0.2) is 63.9 Å². The molecule has 0 spiro atoms. The molecule has 0 radical (unpaired) electrons. The van der Waals surface area contributed by atoms with Gasteiger partial charge in [-0.15, -0.1) is 0 Å². The Balaban J connectivity index is 1.97. The summed E-state index contributed by atoms with van der Waals surface area (Å²) in [6, 6.07) is 8.29. The minimum Gasteiger partial charge on any atom is -0.403 e. The quantitative estimate of drug-likeness (QED) is 0.845. The number of aliphatic imine (C=N–C) groups is 1. The van der Waals surface area contributed by atoms with E-state index in [0.29, 0.717) is 18.8 Å². The van der Waals surface area contributed by atoms with Gasteiger partial charge < -0.3 is 15.7 Å². The Bertz CT molecular complexity index is 797. The highest BCUT2D eigenvalue weighted by atomic mass is 16.3. The van der Waals surface area contributed by atoms with Crippen molar-refractivity contribution in [2.24, 2.45) is 10.7 Å². The van der Waals surface area contributed by atoms with Crippen LogP contribution in [0, 0.1) is 0 Å². The molecule has 2 heterocycles. The summed E-state index contributed by atoms with van der Waals surface area (Å²) in [6.45, 7) is 4.89. The van der Waals surface area contributed by atoms with Crippen molar-refractivity contribution in [1.29, 1.82) is 0 Å². The van der Waals surface area contributed by atoms with E-state index in [9.17, 15) is 14.7 Å². The van der Waals surface area contributed by atoms with E-state index in [1.54, 1.807) is 4.90 Å². The van der Waals surface area contributed by atoms with Crippen LogP contribution in [0.1, 0.15) is 18.4 Å². The molecule has 2 saturated heterocycles. The van der Waals surface area contributed by atoms with Crippen LogP contribution in [0.3, 0.4) is 0 Å². The van der Waals surface area contributed by atoms with Gasteiger partial charge in [0.1, 0.15) is 5.70 Å². The lowest BCUT2D eigenvalue weighted by Gasteiger charge is -2.22. The lowest BCUT2D eigenvalue weighted by atomic mass is 10.2. The molecule has 0 saturated carbocycles. The SMILES string of the molecule is C=C(/N=C1\C(=C/N)N(C(=O)N2CCCC2)C(=O)N1CCO)c1ccccc1. The number of carbonyl (C=O) groups is 2. The summed E-state index contributed by atoms with van der Waals surface area (Å²) in [7, 11) is 0. The molecule has 142 valence electrons. The fourth-order valence-corrected chi connectivity index (χ4v) is 3.18. The van der Waals surface area contributed by atoms with Gasteiger partial charge in [0, 0.05) is 19.3 Å². The van der Waals surface area contributed by atoms with Crippen LogP contribution in [0.5, 0.6) is 0 Å². The molecule has 2 aliphatic rings. The standard InChI is InChI=1S/C19H23N5O3/c1-14(15-7-3-2-4-8-15)21-17-16(13-20)24(19(27)23(17)11-12-25)18(26)22-9-5-6-10-22/h2-4,7-8,13,25H,1,5-6,9-12,20H2/b16-13+,21-17+. The Labute approximate surface area is 157 Å². The fourth-order valence-electron chi connectivity index (χ4n) is 3.18. The van der Waals surface area contributed by atoms with Crippen LogP contribution >= 0.6 is 0 Å². The molecule has 0 atom stereocenters. The molecular formula is C19H23N5O3. The molecule has 1 aromatic rings. The van der Waals surface area contributed by atoms with Gasteiger partial charge in [0.25, 0.3) is 0 Å². The Morgan fingerprint density at radius 2 is 1.93 bits per heavy atom. The van der Waals surface area contributed by atoms with E-state index in [1.807, 2.05) is 30.3 Å². The van der Waals surface area contributed by atoms with E-state index in [1.165, 1.54) is 11.1 Å². The second-order valence-electron chi connectivity index (χ2n) is 6.27. The predicted octanol–water partition coefficient (Wildman–Crippen LogP) is 1.80. The number of likely N-dealkylation sites (tertiary alicyclic amines) is 1. The summed E-state index contributed by atoms with van der Waals surface area (Å²) < 4.78 is 0. The highest BCUT2D eigenvalue weighted by Crippen LogP contribution is 2.27. The van der Waals surface area contributed by atoms with Crippen LogP contribution in [0.25, 0.3) is 5.70 Å². The van der Waals surface area contributed by atoms with Crippen molar-refractivity contribution >= 4 is 23.6 Å².